The molecule has 0 fully saturated rings. The molecule has 0 aliphatic rings. The van der Waals surface area contributed by atoms with Crippen molar-refractivity contribution in [3.05, 3.63) is 38.9 Å². The SMILES string of the molecule is N=C(N)Nc1ccc(Br)cc1.O=[N+]([O-])O. The maximum absolute atomic E-state index is 8.36. The average molecular weight is 277 g/mol. The molecule has 0 aliphatic heterocycles. The molecule has 1 aromatic carbocycles. The number of guanidine groups is 1. The fourth-order valence-corrected chi connectivity index (χ4v) is 0.953. The molecule has 0 unspecified atom stereocenters. The number of hydrogen-bond acceptors (Lipinski definition) is 3. The minimum atomic E-state index is -1.50. The Balaban J connectivity index is 0.000000423. The molecule has 0 saturated carbocycles. The number of anilines is 1. The van der Waals surface area contributed by atoms with Crippen molar-refractivity contribution >= 4 is 27.6 Å². The Morgan fingerprint density at radius 2 is 1.93 bits per heavy atom. The largest absolute Gasteiger partial charge is 0.370 e. The van der Waals surface area contributed by atoms with Crippen LogP contribution < -0.4 is 11.1 Å². The summed E-state index contributed by atoms with van der Waals surface area (Å²) in [5.41, 5.74) is 5.94. The third-order valence-electron chi connectivity index (χ3n) is 1.12. The number of rotatable bonds is 1. The third-order valence-corrected chi connectivity index (χ3v) is 1.65. The van der Waals surface area contributed by atoms with Gasteiger partial charge in [0.1, 0.15) is 0 Å². The fourth-order valence-electron chi connectivity index (χ4n) is 0.689. The summed E-state index contributed by atoms with van der Waals surface area (Å²) in [6.45, 7) is 0. The first-order valence-electron chi connectivity index (χ1n) is 3.61. The zero-order valence-electron chi connectivity index (χ0n) is 7.48. The quantitative estimate of drug-likeness (QED) is 0.267. The first-order valence-corrected chi connectivity index (χ1v) is 4.41. The van der Waals surface area contributed by atoms with Gasteiger partial charge in [-0.2, -0.15) is 0 Å². The molecule has 15 heavy (non-hydrogen) atoms. The number of nitrogens with two attached hydrogens (primary N) is 1. The minimum absolute atomic E-state index is 0.0488. The summed E-state index contributed by atoms with van der Waals surface area (Å²) in [6.07, 6.45) is 0. The van der Waals surface area contributed by atoms with Crippen LogP contribution in [0.5, 0.6) is 0 Å². The zero-order valence-corrected chi connectivity index (χ0v) is 9.06. The van der Waals surface area contributed by atoms with Crippen LogP contribution in [0, 0.1) is 15.5 Å². The Labute approximate surface area is 93.6 Å². The van der Waals surface area contributed by atoms with Gasteiger partial charge in [-0.3, -0.25) is 5.41 Å². The number of benzene rings is 1. The van der Waals surface area contributed by atoms with E-state index in [9.17, 15) is 0 Å². The van der Waals surface area contributed by atoms with Crippen molar-refractivity contribution in [1.29, 1.82) is 5.41 Å². The Morgan fingerprint density at radius 3 is 2.27 bits per heavy atom. The number of nitrogens with zero attached hydrogens (tertiary/aromatic N) is 1. The van der Waals surface area contributed by atoms with Crippen LogP contribution in [0.1, 0.15) is 0 Å². The van der Waals surface area contributed by atoms with Crippen molar-refractivity contribution < 1.29 is 10.3 Å². The van der Waals surface area contributed by atoms with Crippen LogP contribution in [-0.2, 0) is 0 Å². The molecule has 0 spiro atoms. The second-order valence-corrected chi connectivity index (χ2v) is 3.20. The highest BCUT2D eigenvalue weighted by Crippen LogP contribution is 2.13. The molecule has 0 aliphatic carbocycles. The van der Waals surface area contributed by atoms with Crippen molar-refractivity contribution in [3.8, 4) is 0 Å². The average Bonchev–Trinajstić information content (AvgIpc) is 2.07. The van der Waals surface area contributed by atoms with Crippen LogP contribution in [0.4, 0.5) is 5.69 Å². The summed E-state index contributed by atoms with van der Waals surface area (Å²) in [5.74, 6) is -0.0488. The maximum Gasteiger partial charge on any atom is 0.291 e. The summed E-state index contributed by atoms with van der Waals surface area (Å²) in [7, 11) is 0. The number of nitrogens with one attached hydrogen (secondary N) is 2. The van der Waals surface area contributed by atoms with Gasteiger partial charge in [0.2, 0.25) is 0 Å². The molecule has 0 radical (unpaired) electrons. The predicted octanol–water partition coefficient (Wildman–Crippen LogP) is 1.41. The normalized spacial score (nSPS) is 8.33. The van der Waals surface area contributed by atoms with Crippen LogP contribution in [0.3, 0.4) is 0 Å². The van der Waals surface area contributed by atoms with Gasteiger partial charge >= 0.3 is 0 Å². The van der Waals surface area contributed by atoms with Gasteiger partial charge in [-0.1, -0.05) is 15.9 Å². The molecule has 0 aromatic heterocycles. The van der Waals surface area contributed by atoms with E-state index in [2.05, 4.69) is 21.2 Å². The molecule has 0 heterocycles. The van der Waals surface area contributed by atoms with E-state index in [1.807, 2.05) is 24.3 Å². The molecular weight excluding hydrogens is 268 g/mol. The van der Waals surface area contributed by atoms with Gasteiger partial charge in [0, 0.05) is 10.2 Å². The molecule has 7 nitrogen and oxygen atoms in total. The Morgan fingerprint density at radius 1 is 1.53 bits per heavy atom. The lowest BCUT2D eigenvalue weighted by molar-refractivity contribution is -0.742. The first kappa shape index (κ1) is 13.2. The zero-order chi connectivity index (χ0) is 11.8. The van der Waals surface area contributed by atoms with E-state index in [0.717, 1.165) is 10.2 Å². The summed E-state index contributed by atoms with van der Waals surface area (Å²) in [4.78, 5) is 8.36. The molecule has 1 aromatic rings. The molecule has 0 atom stereocenters. The van der Waals surface area contributed by atoms with Gasteiger partial charge in [0.05, 0.1) is 0 Å². The predicted molar refractivity (Wildman–Crippen MR) is 58.5 cm³/mol. The smallest absolute Gasteiger partial charge is 0.291 e. The lowest BCUT2D eigenvalue weighted by Crippen LogP contribution is -2.20. The maximum atomic E-state index is 8.36. The van der Waals surface area contributed by atoms with Crippen LogP contribution in [-0.4, -0.2) is 16.3 Å². The van der Waals surface area contributed by atoms with E-state index < -0.39 is 5.09 Å². The Hall–Kier alpha value is -1.83. The molecule has 1 rings (SSSR count). The van der Waals surface area contributed by atoms with Crippen molar-refractivity contribution in [3.63, 3.8) is 0 Å². The van der Waals surface area contributed by atoms with Gasteiger partial charge in [-0.05, 0) is 24.3 Å². The van der Waals surface area contributed by atoms with E-state index >= 15 is 0 Å². The molecular formula is C7H9BrN4O3. The van der Waals surface area contributed by atoms with E-state index in [1.165, 1.54) is 0 Å². The van der Waals surface area contributed by atoms with Crippen LogP contribution in [0.15, 0.2) is 28.7 Å². The summed E-state index contributed by atoms with van der Waals surface area (Å²) >= 11 is 3.30. The van der Waals surface area contributed by atoms with Crippen LogP contribution in [0.25, 0.3) is 0 Å². The van der Waals surface area contributed by atoms with Gasteiger partial charge < -0.3 is 16.3 Å². The molecule has 0 amide bonds. The van der Waals surface area contributed by atoms with Crippen LogP contribution >= 0.6 is 15.9 Å². The highest BCUT2D eigenvalue weighted by atomic mass is 79.9. The van der Waals surface area contributed by atoms with Gasteiger partial charge in [-0.15, -0.1) is 10.1 Å². The molecule has 0 saturated heterocycles. The monoisotopic (exact) mass is 276 g/mol. The molecule has 8 heteroatoms. The summed E-state index contributed by atoms with van der Waals surface area (Å²) in [6, 6.07) is 7.44. The lowest BCUT2D eigenvalue weighted by atomic mass is 10.3. The number of halogens is 1. The Kier molecular flexibility index (Phi) is 5.79. The number of hydrogen-bond donors (Lipinski definition) is 4. The minimum Gasteiger partial charge on any atom is -0.370 e. The van der Waals surface area contributed by atoms with Crippen molar-refractivity contribution in [1.82, 2.24) is 0 Å². The van der Waals surface area contributed by atoms with Gasteiger partial charge in [-0.25, -0.2) is 0 Å². The Bertz CT molecular complexity index is 337. The third kappa shape index (κ3) is 8.50. The van der Waals surface area contributed by atoms with E-state index in [0.29, 0.717) is 0 Å². The summed E-state index contributed by atoms with van der Waals surface area (Å²) in [5, 5.41) is 23.3. The molecule has 5 N–H and O–H groups in total. The topological polar surface area (TPSA) is 125 Å². The fraction of sp³-hybridized carbons (Fsp3) is 0. The lowest BCUT2D eigenvalue weighted by Gasteiger charge is -2.01. The van der Waals surface area contributed by atoms with E-state index in [-0.39, 0.29) is 5.96 Å². The first-order chi connectivity index (χ1) is 6.91. The van der Waals surface area contributed by atoms with Crippen molar-refractivity contribution in [2.24, 2.45) is 5.73 Å². The molecule has 0 bridgehead atoms. The highest BCUT2D eigenvalue weighted by Gasteiger charge is 1.91. The standard InChI is InChI=1S/C7H8BrN3.HNO3/c8-5-1-3-6(4-2-5)11-7(9)10;2-1(3)4/h1-4H,(H4,9,10,11);(H,2,3,4). The second kappa shape index (κ2) is 6.60. The van der Waals surface area contributed by atoms with Crippen LogP contribution in [0.2, 0.25) is 0 Å². The van der Waals surface area contributed by atoms with E-state index in [1.54, 1.807) is 0 Å². The second-order valence-electron chi connectivity index (χ2n) is 2.28. The van der Waals surface area contributed by atoms with Gasteiger partial charge in [0.15, 0.2) is 5.96 Å². The summed E-state index contributed by atoms with van der Waals surface area (Å²) < 4.78 is 1.01. The van der Waals surface area contributed by atoms with Gasteiger partial charge in [0.25, 0.3) is 5.09 Å². The van der Waals surface area contributed by atoms with Crippen molar-refractivity contribution in [2.45, 2.75) is 0 Å². The van der Waals surface area contributed by atoms with E-state index in [4.69, 9.17) is 26.5 Å². The molecule has 82 valence electrons. The highest BCUT2D eigenvalue weighted by molar-refractivity contribution is 9.10. The van der Waals surface area contributed by atoms with Crippen molar-refractivity contribution in [2.75, 3.05) is 5.32 Å².